The van der Waals surface area contributed by atoms with E-state index in [1.807, 2.05) is 24.4 Å². The SMILES string of the molecule is CC[C@@H]1CN(C2CCN(c3ccccn3)CC2)[C@@H](Cc2ccc(Cl)cc2)CN1C. The minimum absolute atomic E-state index is 0.565. The van der Waals surface area contributed by atoms with Crippen LogP contribution in [0.1, 0.15) is 31.7 Å². The quantitative estimate of drug-likeness (QED) is 0.728. The van der Waals surface area contributed by atoms with Gasteiger partial charge in [-0.05, 0) is 62.6 Å². The van der Waals surface area contributed by atoms with Gasteiger partial charge in [-0.2, -0.15) is 0 Å². The van der Waals surface area contributed by atoms with Crippen LogP contribution in [-0.4, -0.2) is 66.1 Å². The number of pyridine rings is 1. The zero-order chi connectivity index (χ0) is 20.2. The van der Waals surface area contributed by atoms with Crippen molar-refractivity contribution in [2.24, 2.45) is 0 Å². The molecule has 0 radical (unpaired) electrons. The summed E-state index contributed by atoms with van der Waals surface area (Å²) >= 11 is 6.10. The minimum atomic E-state index is 0.565. The topological polar surface area (TPSA) is 22.6 Å². The highest BCUT2D eigenvalue weighted by Gasteiger charge is 2.36. The Morgan fingerprint density at radius 2 is 1.76 bits per heavy atom. The molecule has 2 aromatic rings. The molecule has 0 amide bonds. The number of likely N-dealkylation sites (N-methyl/N-ethyl adjacent to an activating group) is 1. The molecule has 0 spiro atoms. The summed E-state index contributed by atoms with van der Waals surface area (Å²) in [4.78, 5) is 12.4. The lowest BCUT2D eigenvalue weighted by Gasteiger charge is -2.50. The smallest absolute Gasteiger partial charge is 0.128 e. The number of benzene rings is 1. The summed E-state index contributed by atoms with van der Waals surface area (Å²) in [7, 11) is 2.30. The van der Waals surface area contributed by atoms with Crippen LogP contribution in [0.5, 0.6) is 0 Å². The van der Waals surface area contributed by atoms with Crippen molar-refractivity contribution in [2.75, 3.05) is 38.1 Å². The lowest BCUT2D eigenvalue weighted by Crippen LogP contribution is -2.61. The average molecular weight is 413 g/mol. The summed E-state index contributed by atoms with van der Waals surface area (Å²) in [5.41, 5.74) is 1.39. The van der Waals surface area contributed by atoms with Crippen LogP contribution in [0.4, 0.5) is 5.82 Å². The number of aromatic nitrogens is 1. The molecule has 2 aliphatic rings. The third-order valence-corrected chi connectivity index (χ3v) is 7.03. The van der Waals surface area contributed by atoms with E-state index in [1.165, 1.54) is 31.4 Å². The summed E-state index contributed by atoms with van der Waals surface area (Å²) in [5.74, 6) is 1.12. The second-order valence-electron chi connectivity index (χ2n) is 8.59. The van der Waals surface area contributed by atoms with Crippen LogP contribution in [0.25, 0.3) is 0 Å². The number of piperidine rings is 1. The molecule has 2 fully saturated rings. The zero-order valence-electron chi connectivity index (χ0n) is 17.7. The average Bonchev–Trinajstić information content (AvgIpc) is 2.76. The Kier molecular flexibility index (Phi) is 6.74. The fraction of sp³-hybridized carbons (Fsp3) is 0.542. The van der Waals surface area contributed by atoms with Gasteiger partial charge in [0.15, 0.2) is 0 Å². The largest absolute Gasteiger partial charge is 0.357 e. The summed E-state index contributed by atoms with van der Waals surface area (Å²) in [6, 6.07) is 16.5. The van der Waals surface area contributed by atoms with Crippen molar-refractivity contribution in [1.82, 2.24) is 14.8 Å². The van der Waals surface area contributed by atoms with E-state index in [0.29, 0.717) is 18.1 Å². The first-order valence-electron chi connectivity index (χ1n) is 11.0. The molecule has 3 heterocycles. The number of rotatable bonds is 5. The van der Waals surface area contributed by atoms with Crippen LogP contribution >= 0.6 is 11.6 Å². The summed E-state index contributed by atoms with van der Waals surface area (Å²) in [5, 5.41) is 0.819. The molecule has 0 N–H and O–H groups in total. The van der Waals surface area contributed by atoms with Gasteiger partial charge in [-0.25, -0.2) is 4.98 Å². The maximum Gasteiger partial charge on any atom is 0.128 e. The predicted molar refractivity (Wildman–Crippen MR) is 122 cm³/mol. The fourth-order valence-corrected chi connectivity index (χ4v) is 5.17. The van der Waals surface area contributed by atoms with Crippen molar-refractivity contribution in [1.29, 1.82) is 0 Å². The van der Waals surface area contributed by atoms with Crippen LogP contribution in [0.2, 0.25) is 5.02 Å². The molecule has 1 aromatic heterocycles. The van der Waals surface area contributed by atoms with Crippen LogP contribution in [0, 0.1) is 0 Å². The highest BCUT2D eigenvalue weighted by molar-refractivity contribution is 6.30. The molecule has 2 atom stereocenters. The van der Waals surface area contributed by atoms with Crippen LogP contribution in [-0.2, 0) is 6.42 Å². The Balaban J connectivity index is 1.45. The lowest BCUT2D eigenvalue weighted by atomic mass is 9.93. The third kappa shape index (κ3) is 4.93. The van der Waals surface area contributed by atoms with Crippen LogP contribution < -0.4 is 4.90 Å². The van der Waals surface area contributed by atoms with Gasteiger partial charge >= 0.3 is 0 Å². The molecule has 29 heavy (non-hydrogen) atoms. The number of halogens is 1. The van der Waals surface area contributed by atoms with E-state index in [0.717, 1.165) is 36.9 Å². The van der Waals surface area contributed by atoms with Gasteiger partial charge in [0.2, 0.25) is 0 Å². The molecule has 0 unspecified atom stereocenters. The standard InChI is InChI=1S/C24H33ClN4/c1-3-21-18-29(22-11-14-28(15-12-22)24-6-4-5-13-26-24)23(17-27(21)2)16-19-7-9-20(25)10-8-19/h4-10,13,21-23H,3,11-12,14-18H2,1-2H3/t21-,23+/m1/s1. The van der Waals surface area contributed by atoms with E-state index >= 15 is 0 Å². The minimum Gasteiger partial charge on any atom is -0.357 e. The van der Waals surface area contributed by atoms with Gasteiger partial charge in [0.1, 0.15) is 5.82 Å². The van der Waals surface area contributed by atoms with Crippen molar-refractivity contribution in [3.05, 3.63) is 59.2 Å². The maximum atomic E-state index is 6.10. The van der Waals surface area contributed by atoms with Crippen molar-refractivity contribution in [3.63, 3.8) is 0 Å². The monoisotopic (exact) mass is 412 g/mol. The van der Waals surface area contributed by atoms with Gasteiger partial charge in [0, 0.05) is 55.5 Å². The molecule has 4 rings (SSSR count). The summed E-state index contributed by atoms with van der Waals surface area (Å²) < 4.78 is 0. The van der Waals surface area contributed by atoms with Gasteiger partial charge in [-0.3, -0.25) is 4.90 Å². The van der Waals surface area contributed by atoms with E-state index in [9.17, 15) is 0 Å². The van der Waals surface area contributed by atoms with E-state index < -0.39 is 0 Å². The van der Waals surface area contributed by atoms with Crippen molar-refractivity contribution >= 4 is 17.4 Å². The highest BCUT2D eigenvalue weighted by atomic mass is 35.5. The van der Waals surface area contributed by atoms with Crippen molar-refractivity contribution in [3.8, 4) is 0 Å². The number of piperazine rings is 1. The molecule has 1 aromatic carbocycles. The second-order valence-corrected chi connectivity index (χ2v) is 9.03. The predicted octanol–water partition coefficient (Wildman–Crippen LogP) is 4.34. The first-order valence-corrected chi connectivity index (χ1v) is 11.4. The molecule has 0 saturated carbocycles. The fourth-order valence-electron chi connectivity index (χ4n) is 5.05. The molecular weight excluding hydrogens is 380 g/mol. The molecule has 5 heteroatoms. The van der Waals surface area contributed by atoms with E-state index in [-0.39, 0.29) is 0 Å². The first-order chi connectivity index (χ1) is 14.1. The maximum absolute atomic E-state index is 6.10. The van der Waals surface area contributed by atoms with Gasteiger partial charge in [0.05, 0.1) is 0 Å². The van der Waals surface area contributed by atoms with Gasteiger partial charge in [0.25, 0.3) is 0 Å². The highest BCUT2D eigenvalue weighted by Crippen LogP contribution is 2.28. The Hall–Kier alpha value is -1.62. The molecule has 2 aliphatic heterocycles. The Morgan fingerprint density at radius 3 is 2.41 bits per heavy atom. The number of nitrogens with zero attached hydrogens (tertiary/aromatic N) is 4. The molecule has 0 aliphatic carbocycles. The van der Waals surface area contributed by atoms with E-state index in [1.54, 1.807) is 0 Å². The Morgan fingerprint density at radius 1 is 1.00 bits per heavy atom. The molecular formula is C24H33ClN4. The summed E-state index contributed by atoms with van der Waals surface area (Å²) in [6.45, 7) is 6.83. The molecule has 0 bridgehead atoms. The van der Waals surface area contributed by atoms with E-state index in [2.05, 4.69) is 57.9 Å². The first kappa shape index (κ1) is 20.6. The van der Waals surface area contributed by atoms with Gasteiger partial charge in [-0.1, -0.05) is 36.7 Å². The van der Waals surface area contributed by atoms with Gasteiger partial charge in [-0.15, -0.1) is 0 Å². The normalized spacial score (nSPS) is 24.7. The molecule has 2 saturated heterocycles. The number of hydrogen-bond acceptors (Lipinski definition) is 4. The summed E-state index contributed by atoms with van der Waals surface area (Å²) in [6.07, 6.45) is 6.64. The Labute approximate surface area is 180 Å². The Bertz CT molecular complexity index is 758. The second kappa shape index (κ2) is 9.46. The van der Waals surface area contributed by atoms with Crippen LogP contribution in [0.15, 0.2) is 48.7 Å². The van der Waals surface area contributed by atoms with Crippen molar-refractivity contribution < 1.29 is 0 Å². The molecule has 156 valence electrons. The lowest BCUT2D eigenvalue weighted by molar-refractivity contribution is 0.00616. The zero-order valence-corrected chi connectivity index (χ0v) is 18.4. The van der Waals surface area contributed by atoms with E-state index in [4.69, 9.17) is 11.6 Å². The number of hydrogen-bond donors (Lipinski definition) is 0. The number of anilines is 1. The van der Waals surface area contributed by atoms with Crippen molar-refractivity contribution in [2.45, 2.75) is 50.7 Å². The van der Waals surface area contributed by atoms with Gasteiger partial charge < -0.3 is 9.80 Å². The van der Waals surface area contributed by atoms with Crippen LogP contribution in [0.3, 0.4) is 0 Å². The molecule has 4 nitrogen and oxygen atoms in total. The third-order valence-electron chi connectivity index (χ3n) is 6.78.